The zero-order chi connectivity index (χ0) is 27.9. The van der Waals surface area contributed by atoms with Crippen LogP contribution in [0.2, 0.25) is 0 Å². The number of rotatable bonds is 9. The number of nitrogens with zero attached hydrogens (tertiary/aromatic N) is 2. The summed E-state index contributed by atoms with van der Waals surface area (Å²) < 4.78 is 13.2. The third kappa shape index (κ3) is 6.95. The monoisotopic (exact) mass is 555 g/mol. The zero-order valence-electron chi connectivity index (χ0n) is 22.6. The van der Waals surface area contributed by atoms with Crippen LogP contribution in [0.3, 0.4) is 0 Å². The molecule has 1 saturated heterocycles. The molecule has 8 heteroatoms. The molecule has 5 rings (SSSR count). The average molecular weight is 556 g/mol. The highest BCUT2D eigenvalue weighted by Crippen LogP contribution is 2.43. The van der Waals surface area contributed by atoms with Crippen LogP contribution in [-0.2, 0) is 27.4 Å². The number of carbonyl (C=O) groups excluding carboxylic acids is 1. The van der Waals surface area contributed by atoms with E-state index in [9.17, 15) is 9.90 Å². The number of amides is 1. The molecule has 0 bridgehead atoms. The van der Waals surface area contributed by atoms with Gasteiger partial charge in [-0.3, -0.25) is 4.79 Å². The van der Waals surface area contributed by atoms with Crippen molar-refractivity contribution in [3.63, 3.8) is 0 Å². The van der Waals surface area contributed by atoms with Gasteiger partial charge in [0.15, 0.2) is 11.4 Å². The molecule has 0 saturated carbocycles. The first-order valence-corrected chi connectivity index (χ1v) is 14.3. The fraction of sp³-hybridized carbons (Fsp3) is 0.281. The van der Waals surface area contributed by atoms with E-state index in [1.54, 1.807) is 24.2 Å². The van der Waals surface area contributed by atoms with Gasteiger partial charge in [0.25, 0.3) is 0 Å². The molecule has 4 aromatic rings. The Hall–Kier alpha value is -3.56. The second-order valence-corrected chi connectivity index (χ2v) is 10.9. The first-order chi connectivity index (χ1) is 19.5. The molecule has 2 N–H and O–H groups in total. The van der Waals surface area contributed by atoms with Gasteiger partial charge in [-0.1, -0.05) is 79.3 Å². The van der Waals surface area contributed by atoms with Crippen LogP contribution in [0.4, 0.5) is 0 Å². The summed E-state index contributed by atoms with van der Waals surface area (Å²) >= 11 is 1.57. The van der Waals surface area contributed by atoms with Gasteiger partial charge in [0.05, 0.1) is 18.8 Å². The third-order valence-electron chi connectivity index (χ3n) is 7.00. The van der Waals surface area contributed by atoms with Gasteiger partial charge < -0.3 is 19.9 Å². The van der Waals surface area contributed by atoms with Crippen molar-refractivity contribution in [3.8, 4) is 11.1 Å². The fourth-order valence-electron chi connectivity index (χ4n) is 4.78. The molecule has 0 spiro atoms. The van der Waals surface area contributed by atoms with E-state index >= 15 is 0 Å². The Kier molecular flexibility index (Phi) is 9.23. The van der Waals surface area contributed by atoms with Gasteiger partial charge in [-0.05, 0) is 46.0 Å². The number of hydrogen-bond acceptors (Lipinski definition) is 7. The molecule has 4 atom stereocenters. The molecule has 7 nitrogen and oxygen atoms in total. The van der Waals surface area contributed by atoms with Gasteiger partial charge >= 0.3 is 0 Å². The van der Waals surface area contributed by atoms with Crippen LogP contribution in [0.25, 0.3) is 11.1 Å². The van der Waals surface area contributed by atoms with Gasteiger partial charge in [-0.15, -0.1) is 0 Å². The van der Waals surface area contributed by atoms with Gasteiger partial charge in [-0.2, -0.15) is 0 Å². The van der Waals surface area contributed by atoms with Crippen molar-refractivity contribution in [1.82, 2.24) is 15.3 Å². The van der Waals surface area contributed by atoms with Crippen molar-refractivity contribution in [2.24, 2.45) is 5.92 Å². The molecule has 40 heavy (non-hydrogen) atoms. The Labute approximate surface area is 239 Å². The normalized spacial score (nSPS) is 20.7. The number of aliphatic hydroxyl groups excluding tert-OH is 1. The van der Waals surface area contributed by atoms with Crippen LogP contribution in [-0.4, -0.2) is 32.8 Å². The highest BCUT2D eigenvalue weighted by atomic mass is 32.2. The Morgan fingerprint density at radius 3 is 2.35 bits per heavy atom. The lowest BCUT2D eigenvalue weighted by molar-refractivity contribution is -0.268. The molecule has 2 heterocycles. The molecule has 0 radical (unpaired) electrons. The molecule has 1 aliphatic heterocycles. The van der Waals surface area contributed by atoms with Crippen LogP contribution in [0.5, 0.6) is 0 Å². The van der Waals surface area contributed by atoms with E-state index in [0.29, 0.717) is 17.5 Å². The molecule has 1 amide bonds. The van der Waals surface area contributed by atoms with E-state index in [1.165, 1.54) is 6.92 Å². The van der Waals surface area contributed by atoms with E-state index in [2.05, 4.69) is 46.5 Å². The third-order valence-corrected chi connectivity index (χ3v) is 7.97. The van der Waals surface area contributed by atoms with Crippen LogP contribution in [0.1, 0.15) is 48.5 Å². The molecule has 4 unspecified atom stereocenters. The van der Waals surface area contributed by atoms with E-state index in [4.69, 9.17) is 9.47 Å². The molecule has 1 fully saturated rings. The first-order valence-electron chi connectivity index (χ1n) is 13.3. The number of hydrogen-bond donors (Lipinski definition) is 2. The maximum absolute atomic E-state index is 11.4. The Balaban J connectivity index is 1.41. The smallest absolute Gasteiger partial charge is 0.217 e. The quantitative estimate of drug-likeness (QED) is 0.197. The van der Waals surface area contributed by atoms with Gasteiger partial charge in [0.2, 0.25) is 5.91 Å². The van der Waals surface area contributed by atoms with E-state index in [0.717, 1.165) is 33.4 Å². The predicted molar refractivity (Wildman–Crippen MR) is 155 cm³/mol. The Morgan fingerprint density at radius 1 is 0.900 bits per heavy atom. The minimum absolute atomic E-state index is 0.00222. The van der Waals surface area contributed by atoms with Crippen molar-refractivity contribution >= 4 is 17.7 Å². The molecular formula is C32H33N3O4S. The number of ether oxygens (including phenoxy) is 2. The van der Waals surface area contributed by atoms with Crippen LogP contribution < -0.4 is 5.32 Å². The molecule has 1 aliphatic rings. The first kappa shape index (κ1) is 28.0. The molecule has 3 aromatic carbocycles. The Morgan fingerprint density at radius 2 is 1.62 bits per heavy atom. The maximum atomic E-state index is 11.4. The number of nitrogens with one attached hydrogen (secondary N) is 1. The van der Waals surface area contributed by atoms with E-state index in [-0.39, 0.29) is 30.6 Å². The number of thioether (sulfide) groups is 1. The number of carbonyl (C=O) groups is 1. The van der Waals surface area contributed by atoms with Crippen LogP contribution in [0, 0.1) is 5.92 Å². The number of aliphatic hydroxyl groups is 1. The maximum Gasteiger partial charge on any atom is 0.217 e. The SMILES string of the molecule is CC(=O)NCc1cccc(-c2cccc(C3OC(CSc4ncccn4)C(C)C(c4ccc(CO)cc4)O3)c2)c1. The Bertz CT molecular complexity index is 1420. The van der Waals surface area contributed by atoms with Crippen LogP contribution in [0.15, 0.2) is 96.4 Å². The van der Waals surface area contributed by atoms with Crippen molar-refractivity contribution < 1.29 is 19.4 Å². The minimum Gasteiger partial charge on any atom is -0.392 e. The minimum atomic E-state index is -0.566. The molecular weight excluding hydrogens is 522 g/mol. The highest BCUT2D eigenvalue weighted by Gasteiger charge is 2.38. The average Bonchev–Trinajstić information content (AvgIpc) is 3.00. The zero-order valence-corrected chi connectivity index (χ0v) is 23.4. The lowest BCUT2D eigenvalue weighted by atomic mass is 9.91. The number of benzene rings is 3. The van der Waals surface area contributed by atoms with Crippen molar-refractivity contribution in [2.45, 2.75) is 50.7 Å². The van der Waals surface area contributed by atoms with Gasteiger partial charge in [-0.25, -0.2) is 9.97 Å². The van der Waals surface area contributed by atoms with Gasteiger partial charge in [0.1, 0.15) is 0 Å². The lowest BCUT2D eigenvalue weighted by Gasteiger charge is -2.41. The van der Waals surface area contributed by atoms with E-state index < -0.39 is 6.29 Å². The summed E-state index contributed by atoms with van der Waals surface area (Å²) in [7, 11) is 0. The second-order valence-electron chi connectivity index (χ2n) is 9.90. The summed E-state index contributed by atoms with van der Waals surface area (Å²) in [5, 5.41) is 13.1. The van der Waals surface area contributed by atoms with Crippen molar-refractivity contribution in [3.05, 3.63) is 114 Å². The van der Waals surface area contributed by atoms with Crippen molar-refractivity contribution in [1.29, 1.82) is 0 Å². The van der Waals surface area contributed by atoms with Gasteiger partial charge in [0, 0.05) is 43.1 Å². The second kappa shape index (κ2) is 13.2. The molecule has 206 valence electrons. The molecule has 1 aromatic heterocycles. The van der Waals surface area contributed by atoms with Crippen molar-refractivity contribution in [2.75, 3.05) is 5.75 Å². The molecule has 0 aliphatic carbocycles. The van der Waals surface area contributed by atoms with E-state index in [1.807, 2.05) is 54.6 Å². The lowest BCUT2D eigenvalue weighted by Crippen LogP contribution is -2.38. The fourth-order valence-corrected chi connectivity index (χ4v) is 5.74. The summed E-state index contributed by atoms with van der Waals surface area (Å²) in [6.07, 6.45) is 2.62. The largest absolute Gasteiger partial charge is 0.392 e. The number of aromatic nitrogens is 2. The summed E-state index contributed by atoms with van der Waals surface area (Å²) in [5.74, 6) is 0.697. The standard InChI is InChI=1S/C32H33N3O4S/c1-21-29(20-40-32-33-14-5-15-34-32)38-31(39-30(21)25-12-10-23(19-36)11-13-25)28-9-4-8-27(17-28)26-7-3-6-24(16-26)18-35-22(2)37/h3-17,21,29-31,36H,18-20H2,1-2H3,(H,35,37). The summed E-state index contributed by atoms with van der Waals surface area (Å²) in [6, 6.07) is 26.1. The topological polar surface area (TPSA) is 93.6 Å². The highest BCUT2D eigenvalue weighted by molar-refractivity contribution is 7.99. The summed E-state index contributed by atoms with van der Waals surface area (Å²) in [4.78, 5) is 20.1. The summed E-state index contributed by atoms with van der Waals surface area (Å²) in [5.41, 5.74) is 5.97. The van der Waals surface area contributed by atoms with Crippen LogP contribution >= 0.6 is 11.8 Å². The summed E-state index contributed by atoms with van der Waals surface area (Å²) in [6.45, 7) is 4.15. The predicted octanol–water partition coefficient (Wildman–Crippen LogP) is 5.86.